The number of hydrogen-bond acceptors (Lipinski definition) is 6. The predicted octanol–water partition coefficient (Wildman–Crippen LogP) is 0.0295. The Morgan fingerprint density at radius 2 is 2.05 bits per heavy atom. The summed E-state index contributed by atoms with van der Waals surface area (Å²) in [5.74, 6) is 0.943. The number of anilines is 1. The fourth-order valence-corrected chi connectivity index (χ4v) is 2.63. The minimum atomic E-state index is -0.230. The summed E-state index contributed by atoms with van der Waals surface area (Å²) in [6.07, 6.45) is 4.93. The minimum absolute atomic E-state index is 0.230. The maximum atomic E-state index is 11.7. The average Bonchev–Trinajstić information content (AvgIpc) is 2.52. The number of ether oxygens (including phenoxy) is 1. The SMILES string of the molecule is COc1c(N2CCN(CCCCCN)CC2)nc[nH]c1=O. The van der Waals surface area contributed by atoms with Crippen molar-refractivity contribution in [3.05, 3.63) is 16.7 Å². The van der Waals surface area contributed by atoms with Crippen LogP contribution in [0.1, 0.15) is 19.3 Å². The van der Waals surface area contributed by atoms with Gasteiger partial charge in [-0.1, -0.05) is 6.42 Å². The molecule has 7 nitrogen and oxygen atoms in total. The van der Waals surface area contributed by atoms with Gasteiger partial charge in [-0.3, -0.25) is 9.69 Å². The van der Waals surface area contributed by atoms with Crippen molar-refractivity contribution in [2.45, 2.75) is 19.3 Å². The molecule has 1 aromatic rings. The molecule has 0 radical (unpaired) electrons. The number of H-pyrrole nitrogens is 1. The van der Waals surface area contributed by atoms with Crippen LogP contribution >= 0.6 is 0 Å². The van der Waals surface area contributed by atoms with Gasteiger partial charge in [0.05, 0.1) is 13.4 Å². The van der Waals surface area contributed by atoms with Gasteiger partial charge in [-0.05, 0) is 25.9 Å². The third-order valence-corrected chi connectivity index (χ3v) is 3.85. The van der Waals surface area contributed by atoms with Gasteiger partial charge in [-0.2, -0.15) is 0 Å². The quantitative estimate of drug-likeness (QED) is 0.690. The second-order valence-electron chi connectivity index (χ2n) is 5.27. The van der Waals surface area contributed by atoms with E-state index in [0.717, 1.165) is 45.7 Å². The average molecular weight is 295 g/mol. The van der Waals surface area contributed by atoms with Crippen LogP contribution in [-0.4, -0.2) is 61.2 Å². The number of hydrogen-bond donors (Lipinski definition) is 2. The van der Waals surface area contributed by atoms with Crippen molar-refractivity contribution in [1.29, 1.82) is 0 Å². The highest BCUT2D eigenvalue weighted by Gasteiger charge is 2.21. The molecule has 0 spiro atoms. The predicted molar refractivity (Wildman–Crippen MR) is 83.0 cm³/mol. The molecule has 118 valence electrons. The summed E-state index contributed by atoms with van der Waals surface area (Å²) in [6.45, 7) is 5.60. The van der Waals surface area contributed by atoms with Gasteiger partial charge in [0.1, 0.15) is 0 Å². The first-order valence-electron chi connectivity index (χ1n) is 7.55. The van der Waals surface area contributed by atoms with Crippen LogP contribution in [0.2, 0.25) is 0 Å². The van der Waals surface area contributed by atoms with Gasteiger partial charge in [0.2, 0.25) is 5.75 Å². The number of piperazine rings is 1. The highest BCUT2D eigenvalue weighted by molar-refractivity contribution is 5.50. The topological polar surface area (TPSA) is 87.5 Å². The Labute approximate surface area is 125 Å². The molecule has 7 heteroatoms. The highest BCUT2D eigenvalue weighted by Crippen LogP contribution is 2.21. The van der Waals surface area contributed by atoms with E-state index in [9.17, 15) is 4.79 Å². The van der Waals surface area contributed by atoms with Crippen LogP contribution in [0.4, 0.5) is 5.82 Å². The normalized spacial score (nSPS) is 16.2. The van der Waals surface area contributed by atoms with Crippen molar-refractivity contribution in [2.24, 2.45) is 5.73 Å². The summed E-state index contributed by atoms with van der Waals surface area (Å²) in [5.41, 5.74) is 5.27. The Hall–Kier alpha value is -1.60. The first-order valence-corrected chi connectivity index (χ1v) is 7.55. The Bertz CT molecular complexity index is 482. The van der Waals surface area contributed by atoms with Gasteiger partial charge in [-0.25, -0.2) is 4.98 Å². The molecule has 3 N–H and O–H groups in total. The number of nitrogens with two attached hydrogens (primary N) is 1. The number of rotatable bonds is 7. The fourth-order valence-electron chi connectivity index (χ4n) is 2.63. The van der Waals surface area contributed by atoms with Crippen molar-refractivity contribution in [2.75, 3.05) is 51.3 Å². The van der Waals surface area contributed by atoms with Crippen molar-refractivity contribution in [3.8, 4) is 5.75 Å². The molecule has 1 aromatic heterocycles. The Kier molecular flexibility index (Phi) is 6.01. The molecule has 0 saturated carbocycles. The number of nitrogens with one attached hydrogen (secondary N) is 1. The number of methoxy groups -OCH3 is 1. The lowest BCUT2D eigenvalue weighted by atomic mass is 10.2. The monoisotopic (exact) mass is 295 g/mol. The first-order chi connectivity index (χ1) is 10.3. The molecule has 1 saturated heterocycles. The zero-order valence-electron chi connectivity index (χ0n) is 12.7. The maximum Gasteiger partial charge on any atom is 0.295 e. The third kappa shape index (κ3) is 4.18. The van der Waals surface area contributed by atoms with Crippen LogP contribution in [-0.2, 0) is 0 Å². The zero-order valence-corrected chi connectivity index (χ0v) is 12.7. The summed E-state index contributed by atoms with van der Waals surface area (Å²) in [4.78, 5) is 23.1. The van der Waals surface area contributed by atoms with Crippen molar-refractivity contribution in [3.63, 3.8) is 0 Å². The largest absolute Gasteiger partial charge is 0.489 e. The van der Waals surface area contributed by atoms with Crippen molar-refractivity contribution in [1.82, 2.24) is 14.9 Å². The van der Waals surface area contributed by atoms with Crippen LogP contribution < -0.4 is 20.9 Å². The zero-order chi connectivity index (χ0) is 15.1. The van der Waals surface area contributed by atoms with Crippen molar-refractivity contribution < 1.29 is 4.74 Å². The summed E-state index contributed by atoms with van der Waals surface area (Å²) in [6, 6.07) is 0. The third-order valence-electron chi connectivity index (χ3n) is 3.85. The second kappa shape index (κ2) is 7.99. The summed E-state index contributed by atoms with van der Waals surface area (Å²) in [7, 11) is 1.50. The second-order valence-corrected chi connectivity index (χ2v) is 5.27. The van der Waals surface area contributed by atoms with Gasteiger partial charge in [0.25, 0.3) is 5.56 Å². The molecule has 0 unspecified atom stereocenters. The van der Waals surface area contributed by atoms with Crippen LogP contribution in [0.5, 0.6) is 5.75 Å². The minimum Gasteiger partial charge on any atom is -0.489 e. The van der Waals surface area contributed by atoms with Gasteiger partial charge < -0.3 is 20.4 Å². The van der Waals surface area contributed by atoms with E-state index < -0.39 is 0 Å². The summed E-state index contributed by atoms with van der Waals surface area (Å²) < 4.78 is 5.17. The first kappa shape index (κ1) is 15.8. The van der Waals surface area contributed by atoms with E-state index in [-0.39, 0.29) is 5.56 Å². The molecular formula is C14H25N5O2. The Morgan fingerprint density at radius 3 is 2.71 bits per heavy atom. The van der Waals surface area contributed by atoms with E-state index in [1.54, 1.807) is 0 Å². The number of aromatic amines is 1. The standard InChI is InChI=1S/C14H25N5O2/c1-21-12-13(16-11-17-14(12)20)19-9-7-18(8-10-19)6-4-2-3-5-15/h11H,2-10,15H2,1H3,(H,16,17,20). The molecule has 1 fully saturated rings. The van der Waals surface area contributed by atoms with Crippen LogP contribution in [0.3, 0.4) is 0 Å². The molecule has 0 bridgehead atoms. The molecule has 0 aliphatic carbocycles. The smallest absolute Gasteiger partial charge is 0.295 e. The van der Waals surface area contributed by atoms with Crippen LogP contribution in [0, 0.1) is 0 Å². The summed E-state index contributed by atoms with van der Waals surface area (Å²) in [5, 5.41) is 0. The van der Waals surface area contributed by atoms with E-state index in [0.29, 0.717) is 11.6 Å². The van der Waals surface area contributed by atoms with Crippen LogP contribution in [0.15, 0.2) is 11.1 Å². The molecule has 2 rings (SSSR count). The van der Waals surface area contributed by atoms with Gasteiger partial charge in [0, 0.05) is 26.2 Å². The number of aromatic nitrogens is 2. The van der Waals surface area contributed by atoms with E-state index >= 15 is 0 Å². The lowest BCUT2D eigenvalue weighted by molar-refractivity contribution is 0.251. The molecule has 0 aromatic carbocycles. The van der Waals surface area contributed by atoms with E-state index in [1.807, 2.05) is 0 Å². The van der Waals surface area contributed by atoms with E-state index in [4.69, 9.17) is 10.5 Å². The van der Waals surface area contributed by atoms with E-state index in [1.165, 1.54) is 26.3 Å². The van der Waals surface area contributed by atoms with Gasteiger partial charge >= 0.3 is 0 Å². The lowest BCUT2D eigenvalue weighted by Crippen LogP contribution is -2.47. The maximum absolute atomic E-state index is 11.7. The number of unbranched alkanes of at least 4 members (excludes halogenated alkanes) is 2. The highest BCUT2D eigenvalue weighted by atomic mass is 16.5. The molecule has 1 aliphatic heterocycles. The molecule has 21 heavy (non-hydrogen) atoms. The van der Waals surface area contributed by atoms with Crippen LogP contribution in [0.25, 0.3) is 0 Å². The fraction of sp³-hybridized carbons (Fsp3) is 0.714. The Morgan fingerprint density at radius 1 is 1.29 bits per heavy atom. The lowest BCUT2D eigenvalue weighted by Gasteiger charge is -2.35. The number of nitrogens with zero attached hydrogens (tertiary/aromatic N) is 3. The molecule has 2 heterocycles. The Balaban J connectivity index is 1.87. The molecule has 0 atom stereocenters. The van der Waals surface area contributed by atoms with Gasteiger partial charge in [-0.15, -0.1) is 0 Å². The van der Waals surface area contributed by atoms with Crippen molar-refractivity contribution >= 4 is 5.82 Å². The molecular weight excluding hydrogens is 270 g/mol. The van der Waals surface area contributed by atoms with Gasteiger partial charge in [0.15, 0.2) is 5.82 Å². The molecule has 1 aliphatic rings. The molecule has 0 amide bonds. The summed E-state index contributed by atoms with van der Waals surface area (Å²) >= 11 is 0. The van der Waals surface area contributed by atoms with E-state index in [2.05, 4.69) is 19.8 Å².